The molecule has 6 N–H and O–H groups in total. The van der Waals surface area contributed by atoms with E-state index >= 15 is 0 Å². The van der Waals surface area contributed by atoms with Crippen molar-refractivity contribution in [3.8, 4) is 0 Å². The number of aliphatic carboxylic acids is 2. The summed E-state index contributed by atoms with van der Waals surface area (Å²) in [6.07, 6.45) is 12.0. The number of benzene rings is 2. The standard InChI is InChI=1S/2C20H26N4O.C4H4O4/c2*1-4-24(5-2)20(25)22-14-10-16-15-7-6-8-17-19(15)13(11-21-17)9-18(16)23(3)12-14;5-3(6)1-2-4(7)8/h2*6-8,10-11,14,18,21H,4-5,9,12H2,1-3H3,(H,22,25);1-2H,(H,5,6)(H,7,8)/b;;2-1-/t2*14-,18+;/m00./s1. The molecule has 4 aromatic rings. The minimum atomic E-state index is -1.26. The highest BCUT2D eigenvalue weighted by Crippen LogP contribution is 2.41. The maximum absolute atomic E-state index is 12.4. The Labute approximate surface area is 339 Å². The summed E-state index contributed by atoms with van der Waals surface area (Å²) >= 11 is 0. The SMILES string of the molecule is CCN(CC)C(=O)N[C@H]1C=C2c3cccc4[nH]cc(c34)C[C@H]2N(C)C1.CCN(CC)C(=O)N[C@H]1C=C2c3cccc4[nH]cc(c34)C[C@H]2N(C)C1.O=C(O)/C=C\C(=O)O. The minimum absolute atomic E-state index is 0.0232. The average Bonchev–Trinajstić information content (AvgIpc) is 3.82. The van der Waals surface area contributed by atoms with Gasteiger partial charge >= 0.3 is 24.0 Å². The molecule has 2 aliphatic heterocycles. The van der Waals surface area contributed by atoms with Crippen LogP contribution in [-0.4, -0.2) is 141 Å². The molecule has 0 saturated heterocycles. The van der Waals surface area contributed by atoms with Gasteiger partial charge in [-0.1, -0.05) is 36.4 Å². The number of carbonyl (C=O) groups is 4. The zero-order valence-corrected chi connectivity index (χ0v) is 34.2. The van der Waals surface area contributed by atoms with Crippen LogP contribution in [0.5, 0.6) is 0 Å². The molecule has 8 rings (SSSR count). The maximum Gasteiger partial charge on any atom is 0.328 e. The Morgan fingerprint density at radius 3 is 1.40 bits per heavy atom. The number of amides is 4. The number of hydrogen-bond donors (Lipinski definition) is 6. The van der Waals surface area contributed by atoms with Crippen LogP contribution in [-0.2, 0) is 22.4 Å². The third-order valence-electron chi connectivity index (χ3n) is 11.6. The molecule has 0 bridgehead atoms. The highest BCUT2D eigenvalue weighted by molar-refractivity contribution is 5.99. The van der Waals surface area contributed by atoms with Crippen LogP contribution in [0.25, 0.3) is 33.0 Å². The van der Waals surface area contributed by atoms with Crippen LogP contribution in [0.15, 0.2) is 73.1 Å². The first kappa shape index (κ1) is 41.8. The first-order chi connectivity index (χ1) is 27.9. The van der Waals surface area contributed by atoms with Gasteiger partial charge in [0.2, 0.25) is 0 Å². The van der Waals surface area contributed by atoms with Crippen LogP contribution in [0.2, 0.25) is 0 Å². The Morgan fingerprint density at radius 1 is 0.672 bits per heavy atom. The quantitative estimate of drug-likeness (QED) is 0.129. The molecule has 4 atom stereocenters. The summed E-state index contributed by atoms with van der Waals surface area (Å²) in [5.74, 6) is -2.51. The third kappa shape index (κ3) is 8.82. The summed E-state index contributed by atoms with van der Waals surface area (Å²) in [6, 6.07) is 13.8. The largest absolute Gasteiger partial charge is 0.478 e. The van der Waals surface area contributed by atoms with Gasteiger partial charge in [-0.2, -0.15) is 0 Å². The lowest BCUT2D eigenvalue weighted by Gasteiger charge is -2.40. The Hall–Kier alpha value is -5.86. The van der Waals surface area contributed by atoms with Crippen LogP contribution in [0.3, 0.4) is 0 Å². The number of likely N-dealkylation sites (N-methyl/N-ethyl adjacent to an activating group) is 2. The second kappa shape index (κ2) is 18.2. The predicted molar refractivity (Wildman–Crippen MR) is 228 cm³/mol. The van der Waals surface area contributed by atoms with E-state index in [9.17, 15) is 19.2 Å². The molecule has 14 nitrogen and oxygen atoms in total. The number of rotatable bonds is 8. The van der Waals surface area contributed by atoms with Gasteiger partial charge in [-0.05, 0) is 100 Å². The van der Waals surface area contributed by atoms with Crippen LogP contribution >= 0.6 is 0 Å². The molecule has 308 valence electrons. The zero-order valence-electron chi connectivity index (χ0n) is 34.2. The average molecular weight is 793 g/mol. The molecule has 4 aliphatic rings. The highest BCUT2D eigenvalue weighted by atomic mass is 16.4. The van der Waals surface area contributed by atoms with E-state index in [0.29, 0.717) is 24.2 Å². The van der Waals surface area contributed by atoms with Crippen molar-refractivity contribution in [1.82, 2.24) is 40.2 Å². The van der Waals surface area contributed by atoms with Crippen molar-refractivity contribution in [2.45, 2.75) is 64.7 Å². The number of hydrogen-bond acceptors (Lipinski definition) is 6. The third-order valence-corrected chi connectivity index (χ3v) is 11.6. The lowest BCUT2D eigenvalue weighted by Crippen LogP contribution is -2.52. The molecule has 4 heterocycles. The number of fused-ring (bicyclic) bond motifs is 4. The van der Waals surface area contributed by atoms with Crippen LogP contribution in [0.4, 0.5) is 9.59 Å². The molecule has 14 heteroatoms. The molecular weight excluding hydrogens is 737 g/mol. The number of carboxylic acid groups (broad SMARTS) is 2. The normalized spacial score (nSPS) is 20.7. The van der Waals surface area contributed by atoms with Crippen molar-refractivity contribution in [2.75, 3.05) is 53.4 Å². The van der Waals surface area contributed by atoms with Crippen LogP contribution < -0.4 is 10.6 Å². The molecule has 2 aromatic carbocycles. The van der Waals surface area contributed by atoms with Gasteiger partial charge in [-0.15, -0.1) is 0 Å². The highest BCUT2D eigenvalue weighted by Gasteiger charge is 2.36. The molecule has 0 spiro atoms. The molecule has 0 saturated carbocycles. The number of carbonyl (C=O) groups excluding carboxylic acids is 2. The summed E-state index contributed by atoms with van der Waals surface area (Å²) in [6.45, 7) is 12.7. The summed E-state index contributed by atoms with van der Waals surface area (Å²) in [5.41, 5.74) is 10.5. The van der Waals surface area contributed by atoms with E-state index in [4.69, 9.17) is 10.2 Å². The van der Waals surface area contributed by atoms with E-state index < -0.39 is 11.9 Å². The van der Waals surface area contributed by atoms with Crippen molar-refractivity contribution in [2.24, 2.45) is 0 Å². The Balaban J connectivity index is 0.000000165. The fourth-order valence-corrected chi connectivity index (χ4v) is 8.75. The lowest BCUT2D eigenvalue weighted by atomic mass is 9.81. The van der Waals surface area contributed by atoms with E-state index in [1.54, 1.807) is 0 Å². The molecule has 0 fully saturated rings. The van der Waals surface area contributed by atoms with Crippen molar-refractivity contribution >= 4 is 57.0 Å². The smallest absolute Gasteiger partial charge is 0.328 e. The fraction of sp³-hybridized carbons (Fsp3) is 0.409. The minimum Gasteiger partial charge on any atom is -0.478 e. The van der Waals surface area contributed by atoms with Gasteiger partial charge in [0, 0.05) is 97.7 Å². The second-order valence-electron chi connectivity index (χ2n) is 15.1. The maximum atomic E-state index is 12.4. The number of aromatic amines is 2. The summed E-state index contributed by atoms with van der Waals surface area (Å²) in [4.78, 5) is 59.2. The van der Waals surface area contributed by atoms with Gasteiger partial charge in [0.25, 0.3) is 0 Å². The van der Waals surface area contributed by atoms with Gasteiger partial charge < -0.3 is 40.6 Å². The number of carboxylic acids is 2. The molecule has 2 aliphatic carbocycles. The summed E-state index contributed by atoms with van der Waals surface area (Å²) in [7, 11) is 4.32. The summed E-state index contributed by atoms with van der Waals surface area (Å²) < 4.78 is 0. The molecule has 58 heavy (non-hydrogen) atoms. The number of nitrogens with zero attached hydrogens (tertiary/aromatic N) is 4. The topological polar surface area (TPSA) is 177 Å². The first-order valence-electron chi connectivity index (χ1n) is 20.1. The molecule has 0 unspecified atom stereocenters. The second-order valence-corrected chi connectivity index (χ2v) is 15.1. The van der Waals surface area contributed by atoms with E-state index in [0.717, 1.165) is 52.1 Å². The van der Waals surface area contributed by atoms with Gasteiger partial charge in [0.15, 0.2) is 0 Å². The first-order valence-corrected chi connectivity index (χ1v) is 20.1. The van der Waals surface area contributed by atoms with Crippen molar-refractivity contribution in [3.05, 3.63) is 95.3 Å². The molecule has 2 aromatic heterocycles. The van der Waals surface area contributed by atoms with Gasteiger partial charge in [-0.25, -0.2) is 19.2 Å². The van der Waals surface area contributed by atoms with Crippen LogP contribution in [0.1, 0.15) is 49.9 Å². The van der Waals surface area contributed by atoms with Gasteiger partial charge in [0.05, 0.1) is 12.1 Å². The van der Waals surface area contributed by atoms with E-state index in [2.05, 4.69) is 105 Å². The van der Waals surface area contributed by atoms with Gasteiger partial charge in [0.1, 0.15) is 0 Å². The van der Waals surface area contributed by atoms with E-state index in [-0.39, 0.29) is 24.1 Å². The molecule has 0 radical (unpaired) electrons. The number of nitrogens with one attached hydrogen (secondary N) is 4. The lowest BCUT2D eigenvalue weighted by molar-refractivity contribution is -0.134. The van der Waals surface area contributed by atoms with Crippen molar-refractivity contribution < 1.29 is 29.4 Å². The Bertz CT molecular complexity index is 2090. The van der Waals surface area contributed by atoms with E-state index in [1.807, 2.05) is 37.5 Å². The predicted octanol–water partition coefficient (Wildman–Crippen LogP) is 5.39. The Kier molecular flexibility index (Phi) is 13.1. The molecule has 4 amide bonds. The summed E-state index contributed by atoms with van der Waals surface area (Å²) in [5, 5.41) is 24.7. The van der Waals surface area contributed by atoms with Crippen LogP contribution in [0, 0.1) is 0 Å². The number of urea groups is 2. The molecular formula is C44H56N8O6. The van der Waals surface area contributed by atoms with Crippen molar-refractivity contribution in [1.29, 1.82) is 0 Å². The fourth-order valence-electron chi connectivity index (χ4n) is 8.75. The number of aromatic nitrogens is 2. The zero-order chi connectivity index (χ0) is 41.7. The Morgan fingerprint density at radius 2 is 1.05 bits per heavy atom. The van der Waals surface area contributed by atoms with E-state index in [1.165, 1.54) is 55.2 Å². The number of H-pyrrole nitrogens is 2. The van der Waals surface area contributed by atoms with Gasteiger partial charge in [-0.3, -0.25) is 9.80 Å². The van der Waals surface area contributed by atoms with Crippen molar-refractivity contribution in [3.63, 3.8) is 0 Å². The monoisotopic (exact) mass is 792 g/mol.